The Labute approximate surface area is 101 Å². The van der Waals surface area contributed by atoms with Gasteiger partial charge in [0.15, 0.2) is 0 Å². The van der Waals surface area contributed by atoms with Crippen molar-refractivity contribution in [2.24, 2.45) is 5.92 Å². The van der Waals surface area contributed by atoms with Gasteiger partial charge < -0.3 is 0 Å². The van der Waals surface area contributed by atoms with Gasteiger partial charge in [0.1, 0.15) is 5.78 Å². The molecular weight excluding hydrogens is 276 g/mol. The summed E-state index contributed by atoms with van der Waals surface area (Å²) in [6.07, 6.45) is 0. The van der Waals surface area contributed by atoms with E-state index >= 15 is 0 Å². The average molecular weight is 289 g/mol. The molecule has 0 aliphatic heterocycles. The number of hydrogen-bond acceptors (Lipinski definition) is 2. The van der Waals surface area contributed by atoms with Crippen molar-refractivity contribution in [1.82, 2.24) is 0 Å². The molecule has 0 radical (unpaired) electrons. The molecular formula is C11H13BrO2S. The molecule has 0 saturated heterocycles. The summed E-state index contributed by atoms with van der Waals surface area (Å²) in [4.78, 5) is 12.1. The smallest absolute Gasteiger partial charge is 0.148 e. The number of Topliss-reactive ketones (excluding diaryl/α,β-unsaturated/α-hetero) is 1. The lowest BCUT2D eigenvalue weighted by atomic mass is 10.1. The van der Waals surface area contributed by atoms with Gasteiger partial charge in [0.05, 0.1) is 16.6 Å². The van der Waals surface area contributed by atoms with Crippen LogP contribution < -0.4 is 0 Å². The van der Waals surface area contributed by atoms with Crippen molar-refractivity contribution in [2.75, 3.05) is 5.75 Å². The molecule has 0 heterocycles. The highest BCUT2D eigenvalue weighted by Gasteiger charge is 2.13. The van der Waals surface area contributed by atoms with Gasteiger partial charge in [0.2, 0.25) is 0 Å². The maximum Gasteiger partial charge on any atom is 0.148 e. The van der Waals surface area contributed by atoms with Crippen molar-refractivity contribution < 1.29 is 9.00 Å². The minimum absolute atomic E-state index is 0.0355. The second kappa shape index (κ2) is 5.56. The number of carbonyl (C=O) groups is 1. The van der Waals surface area contributed by atoms with Crippen molar-refractivity contribution in [2.45, 2.75) is 18.7 Å². The first-order chi connectivity index (χ1) is 7.00. The van der Waals surface area contributed by atoms with E-state index in [0.29, 0.717) is 4.90 Å². The van der Waals surface area contributed by atoms with Crippen molar-refractivity contribution >= 4 is 32.5 Å². The summed E-state index contributed by atoms with van der Waals surface area (Å²) in [6.45, 7) is 3.64. The summed E-state index contributed by atoms with van der Waals surface area (Å²) < 4.78 is 12.7. The van der Waals surface area contributed by atoms with Crippen LogP contribution in [0.4, 0.5) is 0 Å². The van der Waals surface area contributed by atoms with Crippen LogP contribution in [0.3, 0.4) is 0 Å². The first-order valence-corrected chi connectivity index (χ1v) is 6.78. The number of ketones is 1. The third-order valence-electron chi connectivity index (χ3n) is 1.98. The van der Waals surface area contributed by atoms with Crippen LogP contribution in [0, 0.1) is 5.92 Å². The highest BCUT2D eigenvalue weighted by Crippen LogP contribution is 2.15. The maximum atomic E-state index is 11.8. The summed E-state index contributed by atoms with van der Waals surface area (Å²) in [5.74, 6) is 0.0862. The highest BCUT2D eigenvalue weighted by atomic mass is 79.9. The zero-order valence-electron chi connectivity index (χ0n) is 8.70. The van der Waals surface area contributed by atoms with Gasteiger partial charge in [-0.25, -0.2) is 0 Å². The second-order valence-corrected chi connectivity index (χ2v) is 5.94. The lowest BCUT2D eigenvalue weighted by Gasteiger charge is -2.04. The van der Waals surface area contributed by atoms with E-state index in [0.717, 1.165) is 4.47 Å². The van der Waals surface area contributed by atoms with Gasteiger partial charge in [-0.3, -0.25) is 9.00 Å². The van der Waals surface area contributed by atoms with E-state index in [9.17, 15) is 9.00 Å². The lowest BCUT2D eigenvalue weighted by molar-refractivity contribution is -0.119. The monoisotopic (exact) mass is 288 g/mol. The van der Waals surface area contributed by atoms with Crippen LogP contribution in [0.1, 0.15) is 13.8 Å². The Kier molecular flexibility index (Phi) is 4.67. The molecule has 0 fully saturated rings. The SMILES string of the molecule is CC(C)C(=O)CS(=O)c1cccc(Br)c1. The van der Waals surface area contributed by atoms with Crippen LogP contribution >= 0.6 is 15.9 Å². The average Bonchev–Trinajstić information content (AvgIpc) is 2.17. The summed E-state index contributed by atoms with van der Waals surface area (Å²) in [7, 11) is -1.22. The van der Waals surface area contributed by atoms with Crippen LogP contribution in [0.5, 0.6) is 0 Å². The number of rotatable bonds is 4. The molecule has 0 spiro atoms. The van der Waals surface area contributed by atoms with Gasteiger partial charge in [0, 0.05) is 15.3 Å². The van der Waals surface area contributed by atoms with E-state index in [1.165, 1.54) is 0 Å². The highest BCUT2D eigenvalue weighted by molar-refractivity contribution is 9.10. The van der Waals surface area contributed by atoms with Crippen LogP contribution in [0.15, 0.2) is 33.6 Å². The molecule has 0 aliphatic carbocycles. The Hall–Kier alpha value is -0.480. The van der Waals surface area contributed by atoms with Gasteiger partial charge in [-0.15, -0.1) is 0 Å². The van der Waals surface area contributed by atoms with Crippen molar-refractivity contribution in [3.05, 3.63) is 28.7 Å². The molecule has 1 unspecified atom stereocenters. The molecule has 0 bridgehead atoms. The van der Waals surface area contributed by atoms with E-state index in [1.54, 1.807) is 12.1 Å². The first-order valence-electron chi connectivity index (χ1n) is 4.67. The minimum atomic E-state index is -1.22. The number of hydrogen-bond donors (Lipinski definition) is 0. The molecule has 2 nitrogen and oxygen atoms in total. The van der Waals surface area contributed by atoms with E-state index in [1.807, 2.05) is 26.0 Å². The summed E-state index contributed by atoms with van der Waals surface area (Å²) in [5.41, 5.74) is 0. The van der Waals surface area contributed by atoms with Crippen LogP contribution in [0.2, 0.25) is 0 Å². The minimum Gasteiger partial charge on any atom is -0.298 e. The van der Waals surface area contributed by atoms with E-state index < -0.39 is 10.8 Å². The van der Waals surface area contributed by atoms with Crippen LogP contribution in [-0.4, -0.2) is 15.7 Å². The van der Waals surface area contributed by atoms with Crippen molar-refractivity contribution in [3.8, 4) is 0 Å². The van der Waals surface area contributed by atoms with E-state index in [-0.39, 0.29) is 17.5 Å². The molecule has 1 aromatic rings. The van der Waals surface area contributed by atoms with Crippen LogP contribution in [0.25, 0.3) is 0 Å². The molecule has 1 aromatic carbocycles. The predicted molar refractivity (Wildman–Crippen MR) is 65.3 cm³/mol. The Morgan fingerprint density at radius 1 is 1.47 bits per heavy atom. The molecule has 0 amide bonds. The molecule has 0 saturated carbocycles. The Bertz CT molecular complexity index is 388. The van der Waals surface area contributed by atoms with Gasteiger partial charge in [0.25, 0.3) is 0 Å². The first kappa shape index (κ1) is 12.6. The molecule has 82 valence electrons. The molecule has 1 rings (SSSR count). The lowest BCUT2D eigenvalue weighted by Crippen LogP contribution is -2.16. The van der Waals surface area contributed by atoms with Gasteiger partial charge in [-0.2, -0.15) is 0 Å². The van der Waals surface area contributed by atoms with Gasteiger partial charge in [-0.05, 0) is 18.2 Å². The van der Waals surface area contributed by atoms with Gasteiger partial charge in [-0.1, -0.05) is 35.8 Å². The normalized spacial score (nSPS) is 12.8. The largest absolute Gasteiger partial charge is 0.298 e. The fourth-order valence-electron chi connectivity index (χ4n) is 0.988. The molecule has 0 aromatic heterocycles. The summed E-state index contributed by atoms with van der Waals surface area (Å²) in [5, 5.41) is 0. The fraction of sp³-hybridized carbons (Fsp3) is 0.364. The predicted octanol–water partition coefficient (Wildman–Crippen LogP) is 2.78. The Morgan fingerprint density at radius 2 is 2.13 bits per heavy atom. The summed E-state index contributed by atoms with van der Waals surface area (Å²) >= 11 is 3.31. The standard InChI is InChI=1S/C11H13BrO2S/c1-8(2)11(13)7-15(14)10-5-3-4-9(12)6-10/h3-6,8H,7H2,1-2H3. The molecule has 4 heteroatoms. The topological polar surface area (TPSA) is 34.1 Å². The molecule has 15 heavy (non-hydrogen) atoms. The molecule has 0 N–H and O–H groups in total. The molecule has 1 atom stereocenters. The van der Waals surface area contributed by atoms with Crippen molar-refractivity contribution in [1.29, 1.82) is 0 Å². The number of carbonyl (C=O) groups excluding carboxylic acids is 1. The van der Waals surface area contributed by atoms with E-state index in [4.69, 9.17) is 0 Å². The Balaban J connectivity index is 2.74. The second-order valence-electron chi connectivity index (χ2n) is 3.57. The zero-order valence-corrected chi connectivity index (χ0v) is 11.1. The summed E-state index contributed by atoms with van der Waals surface area (Å²) in [6, 6.07) is 7.24. The van der Waals surface area contributed by atoms with Gasteiger partial charge >= 0.3 is 0 Å². The van der Waals surface area contributed by atoms with Crippen LogP contribution in [-0.2, 0) is 15.6 Å². The number of benzene rings is 1. The fourth-order valence-corrected chi connectivity index (χ4v) is 2.79. The third kappa shape index (κ3) is 3.87. The quantitative estimate of drug-likeness (QED) is 0.854. The van der Waals surface area contributed by atoms with E-state index in [2.05, 4.69) is 15.9 Å². The maximum absolute atomic E-state index is 11.8. The Morgan fingerprint density at radius 3 is 2.67 bits per heavy atom. The zero-order chi connectivity index (χ0) is 11.4. The molecule has 0 aliphatic rings. The van der Waals surface area contributed by atoms with Crippen molar-refractivity contribution in [3.63, 3.8) is 0 Å². The third-order valence-corrected chi connectivity index (χ3v) is 3.80. The number of halogens is 1.